The zero-order valence-electron chi connectivity index (χ0n) is 15.0. The van der Waals surface area contributed by atoms with Gasteiger partial charge < -0.3 is 15.4 Å². The summed E-state index contributed by atoms with van der Waals surface area (Å²) in [5, 5.41) is 7.49. The third-order valence-electron chi connectivity index (χ3n) is 4.54. The van der Waals surface area contributed by atoms with Gasteiger partial charge >= 0.3 is 0 Å². The van der Waals surface area contributed by atoms with Crippen LogP contribution < -0.4 is 15.4 Å². The van der Waals surface area contributed by atoms with Crippen molar-refractivity contribution in [2.24, 2.45) is 0 Å². The molecule has 0 amide bonds. The molecule has 1 aromatic heterocycles. The SMILES string of the molecule is COc1cc(Cl)c(C)cc1Nc1nc(C)cc(NC2CCCCC2)n1. The second kappa shape index (κ2) is 7.91. The van der Waals surface area contributed by atoms with Crippen LogP contribution in [0, 0.1) is 13.8 Å². The molecule has 0 aliphatic heterocycles. The van der Waals surface area contributed by atoms with Crippen LogP contribution >= 0.6 is 11.6 Å². The van der Waals surface area contributed by atoms with Gasteiger partial charge in [-0.15, -0.1) is 0 Å². The zero-order valence-corrected chi connectivity index (χ0v) is 15.8. The molecule has 0 radical (unpaired) electrons. The Morgan fingerprint density at radius 3 is 2.56 bits per heavy atom. The van der Waals surface area contributed by atoms with Crippen LogP contribution in [0.1, 0.15) is 43.4 Å². The highest BCUT2D eigenvalue weighted by Gasteiger charge is 2.15. The van der Waals surface area contributed by atoms with Gasteiger partial charge in [0.2, 0.25) is 5.95 Å². The van der Waals surface area contributed by atoms with Crippen molar-refractivity contribution in [3.8, 4) is 5.75 Å². The highest BCUT2D eigenvalue weighted by molar-refractivity contribution is 6.31. The largest absolute Gasteiger partial charge is 0.495 e. The molecule has 6 heteroatoms. The third-order valence-corrected chi connectivity index (χ3v) is 4.95. The Morgan fingerprint density at radius 1 is 1.08 bits per heavy atom. The first-order valence-electron chi connectivity index (χ1n) is 8.78. The van der Waals surface area contributed by atoms with Crippen molar-refractivity contribution < 1.29 is 4.74 Å². The molecule has 2 N–H and O–H groups in total. The van der Waals surface area contributed by atoms with E-state index in [2.05, 4.69) is 20.6 Å². The van der Waals surface area contributed by atoms with Crippen LogP contribution in [0.4, 0.5) is 17.5 Å². The van der Waals surface area contributed by atoms with E-state index in [0.717, 1.165) is 22.8 Å². The summed E-state index contributed by atoms with van der Waals surface area (Å²) in [7, 11) is 1.62. The molecule has 1 heterocycles. The van der Waals surface area contributed by atoms with Crippen LogP contribution in [0.25, 0.3) is 0 Å². The summed E-state index contributed by atoms with van der Waals surface area (Å²) in [6.45, 7) is 3.93. The number of hydrogen-bond acceptors (Lipinski definition) is 5. The second-order valence-corrected chi connectivity index (χ2v) is 7.03. The van der Waals surface area contributed by atoms with E-state index >= 15 is 0 Å². The second-order valence-electron chi connectivity index (χ2n) is 6.62. The number of aryl methyl sites for hydroxylation is 2. The topological polar surface area (TPSA) is 59.1 Å². The number of ether oxygens (including phenoxy) is 1. The van der Waals surface area contributed by atoms with E-state index < -0.39 is 0 Å². The molecule has 0 bridgehead atoms. The minimum atomic E-state index is 0.503. The summed E-state index contributed by atoms with van der Waals surface area (Å²) in [5.74, 6) is 2.09. The number of halogens is 1. The minimum Gasteiger partial charge on any atom is -0.495 e. The molecule has 1 aliphatic rings. The van der Waals surface area contributed by atoms with Gasteiger partial charge in [0.1, 0.15) is 11.6 Å². The van der Waals surface area contributed by atoms with E-state index in [1.807, 2.05) is 26.0 Å². The van der Waals surface area contributed by atoms with E-state index in [0.29, 0.717) is 22.8 Å². The van der Waals surface area contributed by atoms with Crippen LogP contribution in [0.5, 0.6) is 5.75 Å². The summed E-state index contributed by atoms with van der Waals surface area (Å²) < 4.78 is 5.42. The van der Waals surface area contributed by atoms with Crippen molar-refractivity contribution >= 4 is 29.1 Å². The maximum atomic E-state index is 6.18. The van der Waals surface area contributed by atoms with Crippen molar-refractivity contribution in [1.29, 1.82) is 0 Å². The molecule has 5 nitrogen and oxygen atoms in total. The molecule has 1 aliphatic carbocycles. The highest BCUT2D eigenvalue weighted by atomic mass is 35.5. The minimum absolute atomic E-state index is 0.503. The Kier molecular flexibility index (Phi) is 5.63. The van der Waals surface area contributed by atoms with Gasteiger partial charge in [0, 0.05) is 28.9 Å². The molecule has 3 rings (SSSR count). The fraction of sp³-hybridized carbons (Fsp3) is 0.474. The van der Waals surface area contributed by atoms with E-state index in [4.69, 9.17) is 16.3 Å². The lowest BCUT2D eigenvalue weighted by Gasteiger charge is -2.23. The van der Waals surface area contributed by atoms with Gasteiger partial charge in [0.05, 0.1) is 12.8 Å². The average Bonchev–Trinajstić information content (AvgIpc) is 2.58. The van der Waals surface area contributed by atoms with Gasteiger partial charge in [-0.25, -0.2) is 4.98 Å². The molecule has 0 saturated heterocycles. The summed E-state index contributed by atoms with van der Waals surface area (Å²) in [6.07, 6.45) is 6.32. The lowest BCUT2D eigenvalue weighted by Crippen LogP contribution is -2.23. The first-order chi connectivity index (χ1) is 12.0. The van der Waals surface area contributed by atoms with E-state index in [9.17, 15) is 0 Å². The summed E-state index contributed by atoms with van der Waals surface area (Å²) >= 11 is 6.18. The Hall–Kier alpha value is -2.01. The molecule has 2 aromatic rings. The third kappa shape index (κ3) is 4.54. The molecule has 25 heavy (non-hydrogen) atoms. The number of nitrogens with one attached hydrogen (secondary N) is 2. The Morgan fingerprint density at radius 2 is 1.84 bits per heavy atom. The van der Waals surface area contributed by atoms with Crippen molar-refractivity contribution in [3.05, 3.63) is 34.5 Å². The first-order valence-corrected chi connectivity index (χ1v) is 9.16. The fourth-order valence-electron chi connectivity index (χ4n) is 3.20. The van der Waals surface area contributed by atoms with Crippen molar-refractivity contribution in [2.75, 3.05) is 17.7 Å². The molecule has 134 valence electrons. The number of anilines is 3. The Labute approximate surface area is 154 Å². The number of methoxy groups -OCH3 is 1. The van der Waals surface area contributed by atoms with Crippen LogP contribution in [0.2, 0.25) is 5.02 Å². The molecule has 1 fully saturated rings. The van der Waals surface area contributed by atoms with Gasteiger partial charge in [-0.3, -0.25) is 0 Å². The van der Waals surface area contributed by atoms with Gasteiger partial charge in [-0.05, 0) is 38.3 Å². The predicted molar refractivity (Wildman–Crippen MR) is 103 cm³/mol. The number of rotatable bonds is 5. The quantitative estimate of drug-likeness (QED) is 0.763. The van der Waals surface area contributed by atoms with Gasteiger partial charge in [0.25, 0.3) is 0 Å². The number of benzene rings is 1. The highest BCUT2D eigenvalue weighted by Crippen LogP contribution is 2.32. The van der Waals surface area contributed by atoms with E-state index in [1.165, 1.54) is 32.1 Å². The van der Waals surface area contributed by atoms with Crippen LogP contribution in [0.3, 0.4) is 0 Å². The normalized spacial score (nSPS) is 15.0. The zero-order chi connectivity index (χ0) is 17.8. The molecule has 1 saturated carbocycles. The van der Waals surface area contributed by atoms with Crippen LogP contribution in [-0.2, 0) is 0 Å². The molecule has 0 spiro atoms. The van der Waals surface area contributed by atoms with Gasteiger partial charge in [-0.1, -0.05) is 30.9 Å². The lowest BCUT2D eigenvalue weighted by molar-refractivity contribution is 0.416. The maximum absolute atomic E-state index is 6.18. The van der Waals surface area contributed by atoms with Crippen molar-refractivity contribution in [3.63, 3.8) is 0 Å². The predicted octanol–water partition coefficient (Wildman–Crippen LogP) is 5.24. The molecule has 1 aromatic carbocycles. The van der Waals surface area contributed by atoms with E-state index in [-0.39, 0.29) is 0 Å². The first kappa shape index (κ1) is 17.8. The van der Waals surface area contributed by atoms with E-state index in [1.54, 1.807) is 13.2 Å². The molecular weight excluding hydrogens is 336 g/mol. The van der Waals surface area contributed by atoms with Crippen molar-refractivity contribution in [2.45, 2.75) is 52.0 Å². The van der Waals surface area contributed by atoms with Crippen molar-refractivity contribution in [1.82, 2.24) is 9.97 Å². The average molecular weight is 361 g/mol. The summed E-state index contributed by atoms with van der Waals surface area (Å²) in [6, 6.07) is 6.24. The maximum Gasteiger partial charge on any atom is 0.229 e. The fourth-order valence-corrected chi connectivity index (χ4v) is 3.36. The summed E-state index contributed by atoms with van der Waals surface area (Å²) in [4.78, 5) is 9.13. The van der Waals surface area contributed by atoms with Crippen LogP contribution in [-0.4, -0.2) is 23.1 Å². The number of nitrogens with zero attached hydrogens (tertiary/aromatic N) is 2. The lowest BCUT2D eigenvalue weighted by atomic mass is 9.95. The van der Waals surface area contributed by atoms with Gasteiger partial charge in [0.15, 0.2) is 0 Å². The van der Waals surface area contributed by atoms with Crippen LogP contribution in [0.15, 0.2) is 18.2 Å². The molecular formula is C19H25ClN4O. The number of aromatic nitrogens is 2. The summed E-state index contributed by atoms with van der Waals surface area (Å²) in [5.41, 5.74) is 2.69. The van der Waals surface area contributed by atoms with Gasteiger partial charge in [-0.2, -0.15) is 4.98 Å². The monoisotopic (exact) mass is 360 g/mol. The standard InChI is InChI=1S/C19H25ClN4O/c1-12-9-16(17(25-3)11-15(12)20)23-19-21-13(2)10-18(24-19)22-14-7-5-4-6-8-14/h9-11,14H,4-8H2,1-3H3,(H2,21,22,23,24). The molecule has 0 unspecified atom stereocenters. The Bertz CT molecular complexity index is 744. The Balaban J connectivity index is 1.82. The smallest absolute Gasteiger partial charge is 0.229 e. The molecule has 0 atom stereocenters. The number of hydrogen-bond donors (Lipinski definition) is 2.